The highest BCUT2D eigenvalue weighted by atomic mass is 32.2. The number of anilines is 2. The maximum atomic E-state index is 4.64. The van der Waals surface area contributed by atoms with Crippen LogP contribution in [0.1, 0.15) is 16.8 Å². The SMILES string of the molecule is Cc1ccc2nc(CSc3nnc(Nc4ccccc4C)s3)cn2c1. The summed E-state index contributed by atoms with van der Waals surface area (Å²) < 4.78 is 3.00. The fourth-order valence-corrected chi connectivity index (χ4v) is 4.16. The maximum Gasteiger partial charge on any atom is 0.210 e. The molecule has 1 N–H and O–H groups in total. The van der Waals surface area contributed by atoms with E-state index in [4.69, 9.17) is 0 Å². The summed E-state index contributed by atoms with van der Waals surface area (Å²) >= 11 is 3.22. The van der Waals surface area contributed by atoms with Gasteiger partial charge in [-0.1, -0.05) is 47.4 Å². The lowest BCUT2D eigenvalue weighted by atomic mass is 10.2. The molecule has 3 heterocycles. The molecule has 0 bridgehead atoms. The van der Waals surface area contributed by atoms with Crippen LogP contribution in [0.15, 0.2) is 53.1 Å². The van der Waals surface area contributed by atoms with E-state index >= 15 is 0 Å². The van der Waals surface area contributed by atoms with Gasteiger partial charge in [0.25, 0.3) is 0 Å². The normalized spacial score (nSPS) is 11.1. The summed E-state index contributed by atoms with van der Waals surface area (Å²) in [5.74, 6) is 0.778. The van der Waals surface area contributed by atoms with E-state index < -0.39 is 0 Å². The number of imidazole rings is 1. The molecule has 0 saturated heterocycles. The van der Waals surface area contributed by atoms with Crippen molar-refractivity contribution in [1.82, 2.24) is 19.6 Å². The van der Waals surface area contributed by atoms with Crippen molar-refractivity contribution in [3.63, 3.8) is 0 Å². The van der Waals surface area contributed by atoms with Crippen molar-refractivity contribution >= 4 is 39.6 Å². The standard InChI is InChI=1S/C18H17N5S2/c1-12-7-8-16-19-14(10-23(16)9-12)11-24-18-22-21-17(25-18)20-15-6-4-3-5-13(15)2/h3-10H,11H2,1-2H3,(H,20,21). The zero-order valence-electron chi connectivity index (χ0n) is 13.9. The summed E-state index contributed by atoms with van der Waals surface area (Å²) in [6.45, 7) is 4.15. The average Bonchev–Trinajstić information content (AvgIpc) is 3.21. The van der Waals surface area contributed by atoms with Crippen LogP contribution >= 0.6 is 23.1 Å². The minimum Gasteiger partial charge on any atom is -0.330 e. The third kappa shape index (κ3) is 3.67. The molecular weight excluding hydrogens is 350 g/mol. The predicted octanol–water partition coefficient (Wildman–Crippen LogP) is 4.84. The number of nitrogens with one attached hydrogen (secondary N) is 1. The Labute approximate surface area is 154 Å². The second-order valence-electron chi connectivity index (χ2n) is 5.81. The van der Waals surface area contributed by atoms with Crippen LogP contribution in [0.3, 0.4) is 0 Å². The fraction of sp³-hybridized carbons (Fsp3) is 0.167. The molecule has 0 aliphatic heterocycles. The van der Waals surface area contributed by atoms with E-state index in [9.17, 15) is 0 Å². The van der Waals surface area contributed by atoms with E-state index in [1.807, 2.05) is 24.3 Å². The van der Waals surface area contributed by atoms with Gasteiger partial charge < -0.3 is 9.72 Å². The first-order chi connectivity index (χ1) is 12.2. The number of fused-ring (bicyclic) bond motifs is 1. The Morgan fingerprint density at radius 3 is 2.84 bits per heavy atom. The number of nitrogens with zero attached hydrogens (tertiary/aromatic N) is 4. The lowest BCUT2D eigenvalue weighted by molar-refractivity contribution is 1.01. The average molecular weight is 368 g/mol. The molecule has 0 aliphatic rings. The van der Waals surface area contributed by atoms with E-state index in [1.54, 1.807) is 23.1 Å². The Morgan fingerprint density at radius 1 is 1.08 bits per heavy atom. The molecule has 4 aromatic rings. The topological polar surface area (TPSA) is 55.1 Å². The number of thioether (sulfide) groups is 1. The molecule has 1 aromatic carbocycles. The van der Waals surface area contributed by atoms with Crippen molar-refractivity contribution in [3.05, 3.63) is 65.6 Å². The molecular formula is C18H17N5S2. The minimum atomic E-state index is 0.778. The second-order valence-corrected chi connectivity index (χ2v) is 8.01. The van der Waals surface area contributed by atoms with Crippen LogP contribution in [0.25, 0.3) is 5.65 Å². The number of hydrogen-bond donors (Lipinski definition) is 1. The highest BCUT2D eigenvalue weighted by molar-refractivity contribution is 8.00. The predicted molar refractivity (Wildman–Crippen MR) is 104 cm³/mol. The van der Waals surface area contributed by atoms with Crippen molar-refractivity contribution < 1.29 is 0 Å². The number of para-hydroxylation sites is 1. The molecule has 4 rings (SSSR count). The van der Waals surface area contributed by atoms with Crippen molar-refractivity contribution in [2.24, 2.45) is 0 Å². The summed E-state index contributed by atoms with van der Waals surface area (Å²) in [7, 11) is 0. The van der Waals surface area contributed by atoms with E-state index in [0.717, 1.165) is 32.3 Å². The van der Waals surface area contributed by atoms with Crippen molar-refractivity contribution in [2.75, 3.05) is 5.32 Å². The minimum absolute atomic E-state index is 0.778. The Bertz CT molecular complexity index is 1020. The zero-order chi connectivity index (χ0) is 17.2. The van der Waals surface area contributed by atoms with Crippen LogP contribution in [-0.2, 0) is 5.75 Å². The summed E-state index contributed by atoms with van der Waals surface area (Å²) in [5, 5.41) is 12.6. The van der Waals surface area contributed by atoms with Gasteiger partial charge in [0.2, 0.25) is 5.13 Å². The molecule has 7 heteroatoms. The number of benzene rings is 1. The van der Waals surface area contributed by atoms with Crippen LogP contribution in [0.5, 0.6) is 0 Å². The largest absolute Gasteiger partial charge is 0.330 e. The Kier molecular flexibility index (Phi) is 4.42. The van der Waals surface area contributed by atoms with Gasteiger partial charge in [-0.25, -0.2) is 4.98 Å². The van der Waals surface area contributed by atoms with Crippen LogP contribution in [0, 0.1) is 13.8 Å². The Balaban J connectivity index is 1.43. The van der Waals surface area contributed by atoms with E-state index in [1.165, 1.54) is 11.1 Å². The number of rotatable bonds is 5. The Morgan fingerprint density at radius 2 is 1.96 bits per heavy atom. The molecule has 3 aromatic heterocycles. The van der Waals surface area contributed by atoms with Gasteiger partial charge in [0, 0.05) is 23.8 Å². The van der Waals surface area contributed by atoms with Crippen LogP contribution in [0.2, 0.25) is 0 Å². The first-order valence-corrected chi connectivity index (χ1v) is 9.71. The molecule has 0 radical (unpaired) electrons. The van der Waals surface area contributed by atoms with Crippen LogP contribution in [-0.4, -0.2) is 19.6 Å². The van der Waals surface area contributed by atoms with Gasteiger partial charge >= 0.3 is 0 Å². The quantitative estimate of drug-likeness (QED) is 0.512. The Hall–Kier alpha value is -2.38. The molecule has 25 heavy (non-hydrogen) atoms. The third-order valence-corrected chi connectivity index (χ3v) is 5.79. The number of aromatic nitrogens is 4. The van der Waals surface area contributed by atoms with Gasteiger partial charge in [0.1, 0.15) is 5.65 Å². The van der Waals surface area contributed by atoms with Crippen LogP contribution in [0.4, 0.5) is 10.8 Å². The number of pyridine rings is 1. The maximum absolute atomic E-state index is 4.64. The van der Waals surface area contributed by atoms with Crippen molar-refractivity contribution in [2.45, 2.75) is 23.9 Å². The highest BCUT2D eigenvalue weighted by Crippen LogP contribution is 2.30. The molecule has 0 unspecified atom stereocenters. The van der Waals surface area contributed by atoms with Crippen molar-refractivity contribution in [3.8, 4) is 0 Å². The first-order valence-electron chi connectivity index (χ1n) is 7.90. The first kappa shape index (κ1) is 16.1. The van der Waals surface area contributed by atoms with Gasteiger partial charge in [-0.15, -0.1) is 10.2 Å². The molecule has 0 aliphatic carbocycles. The fourth-order valence-electron chi connectivity index (χ4n) is 2.51. The molecule has 0 amide bonds. The van der Waals surface area contributed by atoms with Crippen LogP contribution < -0.4 is 5.32 Å². The smallest absolute Gasteiger partial charge is 0.210 e. The van der Waals surface area contributed by atoms with Gasteiger partial charge in [-0.05, 0) is 37.1 Å². The van der Waals surface area contributed by atoms with E-state index in [-0.39, 0.29) is 0 Å². The molecule has 0 spiro atoms. The third-order valence-electron chi connectivity index (χ3n) is 3.79. The summed E-state index contributed by atoms with van der Waals surface area (Å²) in [4.78, 5) is 4.64. The lowest BCUT2D eigenvalue weighted by Crippen LogP contribution is -1.91. The van der Waals surface area contributed by atoms with Gasteiger partial charge in [-0.3, -0.25) is 0 Å². The summed E-state index contributed by atoms with van der Waals surface area (Å²) in [5.41, 5.74) is 5.48. The number of hydrogen-bond acceptors (Lipinski definition) is 6. The highest BCUT2D eigenvalue weighted by Gasteiger charge is 2.08. The molecule has 0 atom stereocenters. The molecule has 5 nitrogen and oxygen atoms in total. The monoisotopic (exact) mass is 367 g/mol. The van der Waals surface area contributed by atoms with Gasteiger partial charge in [0.15, 0.2) is 4.34 Å². The second kappa shape index (κ2) is 6.85. The zero-order valence-corrected chi connectivity index (χ0v) is 15.6. The van der Waals surface area contributed by atoms with E-state index in [0.29, 0.717) is 0 Å². The van der Waals surface area contributed by atoms with Gasteiger partial charge in [0.05, 0.1) is 5.69 Å². The molecule has 0 saturated carbocycles. The number of aryl methyl sites for hydroxylation is 2. The summed E-state index contributed by atoms with van der Waals surface area (Å²) in [6.07, 6.45) is 4.16. The molecule has 126 valence electrons. The lowest BCUT2D eigenvalue weighted by Gasteiger charge is -2.04. The molecule has 0 fully saturated rings. The van der Waals surface area contributed by atoms with Crippen molar-refractivity contribution in [1.29, 1.82) is 0 Å². The van der Waals surface area contributed by atoms with Gasteiger partial charge in [-0.2, -0.15) is 0 Å². The van der Waals surface area contributed by atoms with E-state index in [2.05, 4.69) is 63.3 Å². The summed E-state index contributed by atoms with van der Waals surface area (Å²) in [6, 6.07) is 12.3.